The van der Waals surface area contributed by atoms with Gasteiger partial charge >= 0.3 is 22.6 Å². The zero-order chi connectivity index (χ0) is 36.0. The fourth-order valence-corrected chi connectivity index (χ4v) is 7.47. The summed E-state index contributed by atoms with van der Waals surface area (Å²) in [6.45, 7) is 0. The Labute approximate surface area is 306 Å². The second kappa shape index (κ2) is 19.2. The van der Waals surface area contributed by atoms with Crippen molar-refractivity contribution in [3.63, 3.8) is 0 Å². The Balaban J connectivity index is 0.000000227. The third-order valence-electron chi connectivity index (χ3n) is 7.12. The SMILES string of the molecule is COc1cccc(C(OC)(c2ccccn2)c2ccccn2)n1.O=S(=O)([O-])C(F)(F)F.[Cu+].c1ccc([PH+](c2ccccc2)c2ccccc2)cc1. The van der Waals surface area contributed by atoms with Crippen LogP contribution in [0.25, 0.3) is 0 Å². The van der Waals surface area contributed by atoms with Crippen molar-refractivity contribution in [2.75, 3.05) is 14.2 Å². The van der Waals surface area contributed by atoms with Gasteiger partial charge in [0.15, 0.2) is 15.7 Å². The molecule has 8 nitrogen and oxygen atoms in total. The molecule has 0 saturated heterocycles. The molecule has 0 atom stereocenters. The van der Waals surface area contributed by atoms with Crippen LogP contribution >= 0.6 is 7.92 Å². The van der Waals surface area contributed by atoms with Crippen molar-refractivity contribution in [1.29, 1.82) is 0 Å². The van der Waals surface area contributed by atoms with Gasteiger partial charge in [-0.15, -0.1) is 0 Å². The van der Waals surface area contributed by atoms with Crippen molar-refractivity contribution in [3.05, 3.63) is 175 Å². The average Bonchev–Trinajstić information content (AvgIpc) is 3.14. The Morgan fingerprint density at radius 1 is 0.588 bits per heavy atom. The second-order valence-corrected chi connectivity index (χ2v) is 14.1. The van der Waals surface area contributed by atoms with Crippen molar-refractivity contribution in [2.45, 2.75) is 11.1 Å². The van der Waals surface area contributed by atoms with Crippen LogP contribution in [0.3, 0.4) is 0 Å². The molecule has 6 rings (SSSR count). The van der Waals surface area contributed by atoms with E-state index in [-0.39, 0.29) is 17.1 Å². The predicted octanol–water partition coefficient (Wildman–Crippen LogP) is 6.04. The van der Waals surface area contributed by atoms with E-state index in [0.29, 0.717) is 23.0 Å². The minimum Gasteiger partial charge on any atom is -0.741 e. The molecule has 0 aliphatic carbocycles. The number of methoxy groups -OCH3 is 2. The first-order valence-corrected chi connectivity index (χ1v) is 17.9. The van der Waals surface area contributed by atoms with E-state index in [1.165, 1.54) is 15.9 Å². The monoisotopic (exact) mass is 782 g/mol. The number of benzene rings is 3. The van der Waals surface area contributed by atoms with Gasteiger partial charge in [-0.2, -0.15) is 13.2 Å². The van der Waals surface area contributed by atoms with Crippen LogP contribution < -0.4 is 20.7 Å². The predicted molar refractivity (Wildman–Crippen MR) is 188 cm³/mol. The van der Waals surface area contributed by atoms with Crippen molar-refractivity contribution in [3.8, 4) is 5.88 Å². The maximum absolute atomic E-state index is 10.7. The summed E-state index contributed by atoms with van der Waals surface area (Å²) in [6, 6.07) is 49.4. The van der Waals surface area contributed by atoms with E-state index in [4.69, 9.17) is 22.4 Å². The maximum Gasteiger partial charge on any atom is 1.00 e. The minimum absolute atomic E-state index is 0. The number of pyridine rings is 3. The van der Waals surface area contributed by atoms with Gasteiger partial charge in [-0.1, -0.05) is 72.8 Å². The molecule has 14 heteroatoms. The molecule has 0 fully saturated rings. The normalized spacial score (nSPS) is 11.2. The van der Waals surface area contributed by atoms with E-state index in [1.807, 2.05) is 48.5 Å². The molecule has 6 aromatic rings. The van der Waals surface area contributed by atoms with Crippen LogP contribution in [0.5, 0.6) is 5.88 Å². The van der Waals surface area contributed by atoms with Crippen molar-refractivity contribution >= 4 is 34.0 Å². The maximum atomic E-state index is 10.7. The van der Waals surface area contributed by atoms with E-state index < -0.39 is 29.1 Å². The van der Waals surface area contributed by atoms with Gasteiger partial charge in [0.2, 0.25) is 5.88 Å². The summed E-state index contributed by atoms with van der Waals surface area (Å²) in [6.07, 6.45) is 3.46. The van der Waals surface area contributed by atoms with E-state index in [0.717, 1.165) is 0 Å². The smallest absolute Gasteiger partial charge is 0.741 e. The summed E-state index contributed by atoms with van der Waals surface area (Å²) >= 11 is 0. The number of rotatable bonds is 8. The summed E-state index contributed by atoms with van der Waals surface area (Å²) in [5, 5.41) is 4.31. The molecular weight excluding hydrogens is 750 g/mol. The minimum atomic E-state index is -6.09. The number of ether oxygens (including phenoxy) is 2. The Morgan fingerprint density at radius 3 is 1.27 bits per heavy atom. The summed E-state index contributed by atoms with van der Waals surface area (Å²) in [5.41, 5.74) is -4.56. The Hall–Kier alpha value is -4.48. The molecule has 0 spiro atoms. The summed E-state index contributed by atoms with van der Waals surface area (Å²) < 4.78 is 70.1. The van der Waals surface area contributed by atoms with Gasteiger partial charge in [0.05, 0.1) is 32.1 Å². The number of aromatic nitrogens is 3. The Morgan fingerprint density at radius 2 is 0.961 bits per heavy atom. The zero-order valence-electron chi connectivity index (χ0n) is 27.2. The third-order valence-corrected chi connectivity index (χ3v) is 10.4. The van der Waals surface area contributed by atoms with Crippen LogP contribution in [0, 0.1) is 0 Å². The molecule has 3 heterocycles. The number of hydrogen-bond donors (Lipinski definition) is 0. The number of alkyl halides is 3. The topological polar surface area (TPSA) is 114 Å². The number of halogens is 3. The van der Waals surface area contributed by atoms with Crippen LogP contribution in [0.2, 0.25) is 0 Å². The third kappa shape index (κ3) is 10.8. The molecule has 0 aliphatic heterocycles. The second-order valence-electron chi connectivity index (χ2n) is 10.3. The Kier molecular flexibility index (Phi) is 15.4. The van der Waals surface area contributed by atoms with Crippen LogP contribution in [-0.2, 0) is 37.5 Å². The van der Waals surface area contributed by atoms with Crippen molar-refractivity contribution in [2.24, 2.45) is 0 Å². The molecule has 268 valence electrons. The summed E-state index contributed by atoms with van der Waals surface area (Å²) in [7, 11) is -3.75. The number of hydrogen-bond acceptors (Lipinski definition) is 8. The number of nitrogens with zero attached hydrogens (tertiary/aromatic N) is 3. The van der Waals surface area contributed by atoms with Gasteiger partial charge < -0.3 is 14.0 Å². The van der Waals surface area contributed by atoms with Crippen LogP contribution in [-0.4, -0.2) is 47.7 Å². The molecule has 3 aromatic carbocycles. The van der Waals surface area contributed by atoms with E-state index in [1.54, 1.807) is 32.7 Å². The van der Waals surface area contributed by atoms with Gasteiger partial charge in [-0.05, 0) is 66.7 Å². The molecule has 0 N–H and O–H groups in total. The molecule has 0 bridgehead atoms. The van der Waals surface area contributed by atoms with Gasteiger partial charge in [-0.25, -0.2) is 13.4 Å². The Bertz CT molecular complexity index is 1870. The molecular formula is C37H33CuF3N3O5PS+. The van der Waals surface area contributed by atoms with Gasteiger partial charge in [-0.3, -0.25) is 9.97 Å². The van der Waals surface area contributed by atoms with E-state index in [2.05, 4.69) is 106 Å². The molecule has 0 aliphatic rings. The summed E-state index contributed by atoms with van der Waals surface area (Å²) in [5.74, 6) is 0.510. The fraction of sp³-hybridized carbons (Fsp3) is 0.108. The molecule has 0 radical (unpaired) electrons. The van der Waals surface area contributed by atoms with Gasteiger partial charge in [0.25, 0.3) is 0 Å². The standard InChI is InChI=1S/C18H17N3O2.C18H15P.CHF3O3S.Cu/c1-22-17-11-7-10-16(21-17)18(23-2,14-8-3-5-12-19-14)15-9-4-6-13-20-15;1-4-10-16(11-5-1)19(17-12-6-2-7-13-17)18-14-8-3-9-15-18;2-1(3,4)8(5,6)7;/h3-13H,1-2H3;1-15H;(H,5,6,7);/q;;;+1. The zero-order valence-corrected chi connectivity index (χ0v) is 30.0. The van der Waals surface area contributed by atoms with E-state index in [9.17, 15) is 13.2 Å². The quantitative estimate of drug-likeness (QED) is 0.0795. The first-order chi connectivity index (χ1) is 24.0. The molecule has 51 heavy (non-hydrogen) atoms. The fourth-order valence-electron chi connectivity index (χ4n) is 4.89. The van der Waals surface area contributed by atoms with Gasteiger partial charge in [0.1, 0.15) is 15.9 Å². The van der Waals surface area contributed by atoms with Crippen LogP contribution in [0.1, 0.15) is 17.1 Å². The van der Waals surface area contributed by atoms with Gasteiger partial charge in [0, 0.05) is 25.6 Å². The first-order valence-electron chi connectivity index (χ1n) is 15.0. The molecule has 0 unspecified atom stereocenters. The van der Waals surface area contributed by atoms with Crippen LogP contribution in [0.4, 0.5) is 13.2 Å². The van der Waals surface area contributed by atoms with E-state index >= 15 is 0 Å². The average molecular weight is 783 g/mol. The van der Waals surface area contributed by atoms with Crippen molar-refractivity contribution < 1.29 is 52.7 Å². The first kappa shape index (κ1) is 40.9. The van der Waals surface area contributed by atoms with Crippen LogP contribution in [0.15, 0.2) is 158 Å². The molecule has 3 aromatic heterocycles. The largest absolute Gasteiger partial charge is 1.00 e. The summed E-state index contributed by atoms with van der Waals surface area (Å²) in [4.78, 5) is 13.5. The molecule has 0 saturated carbocycles. The van der Waals surface area contributed by atoms with Crippen molar-refractivity contribution in [1.82, 2.24) is 15.0 Å². The molecule has 0 amide bonds.